The number of fused-ring (bicyclic) bond motifs is 1. The van der Waals surface area contributed by atoms with Gasteiger partial charge in [-0.1, -0.05) is 0 Å². The van der Waals surface area contributed by atoms with Crippen molar-refractivity contribution in [2.75, 3.05) is 13.2 Å². The summed E-state index contributed by atoms with van der Waals surface area (Å²) in [6.45, 7) is 5.21. The second-order valence-electron chi connectivity index (χ2n) is 4.71. The second-order valence-corrected chi connectivity index (χ2v) is 6.51. The Hall–Kier alpha value is -0.980. The van der Waals surface area contributed by atoms with E-state index < -0.39 is 0 Å². The molecule has 0 aliphatic carbocycles. The smallest absolute Gasteiger partial charge is 0.262 e. The second kappa shape index (κ2) is 4.85. The monoisotopic (exact) mass is 340 g/mol. The van der Waals surface area contributed by atoms with E-state index in [0.29, 0.717) is 18.1 Å². The third kappa shape index (κ3) is 2.28. The summed E-state index contributed by atoms with van der Waals surface area (Å²) in [4.78, 5) is 18.3. The number of rotatable bonds is 2. The lowest BCUT2D eigenvalue weighted by molar-refractivity contribution is -0.00340. The summed E-state index contributed by atoms with van der Waals surface area (Å²) in [6.07, 6.45) is 0. The summed E-state index contributed by atoms with van der Waals surface area (Å²) >= 11 is 4.96. The lowest BCUT2D eigenvalue weighted by Crippen LogP contribution is -2.48. The first-order valence-electron chi connectivity index (χ1n) is 6.01. The molecule has 1 fully saturated rings. The fourth-order valence-corrected chi connectivity index (χ4v) is 4.26. The van der Waals surface area contributed by atoms with E-state index in [-0.39, 0.29) is 11.9 Å². The Morgan fingerprint density at radius 1 is 1.53 bits per heavy atom. The third-order valence-electron chi connectivity index (χ3n) is 3.11. The zero-order chi connectivity index (χ0) is 13.6. The van der Waals surface area contributed by atoms with Gasteiger partial charge in [-0.05, 0) is 41.4 Å². The number of thiophene rings is 1. The average molecular weight is 341 g/mol. The topological polar surface area (TPSA) is 51.2 Å². The van der Waals surface area contributed by atoms with Gasteiger partial charge < -0.3 is 10.1 Å². The van der Waals surface area contributed by atoms with Crippen molar-refractivity contribution >= 4 is 43.4 Å². The maximum Gasteiger partial charge on any atom is 0.262 e. The number of aromatic nitrogens is 1. The van der Waals surface area contributed by atoms with Crippen molar-refractivity contribution in [2.45, 2.75) is 19.9 Å². The lowest BCUT2D eigenvalue weighted by Gasteiger charge is -2.26. The number of amides is 1. The number of hydrogen-bond acceptors (Lipinski definition) is 4. The molecule has 0 radical (unpaired) electrons. The number of ether oxygens (including phenoxy) is 1. The van der Waals surface area contributed by atoms with Gasteiger partial charge in [0.05, 0.1) is 23.7 Å². The van der Waals surface area contributed by atoms with E-state index in [2.05, 4.69) is 26.2 Å². The molecule has 0 aromatic carbocycles. The molecule has 0 saturated carbocycles. The van der Waals surface area contributed by atoms with E-state index in [4.69, 9.17) is 4.74 Å². The first-order valence-corrected chi connectivity index (χ1v) is 7.62. The number of hydrogen-bond donors (Lipinski definition) is 1. The van der Waals surface area contributed by atoms with Crippen LogP contribution >= 0.6 is 27.3 Å². The van der Waals surface area contributed by atoms with E-state index >= 15 is 0 Å². The standard InChI is InChI=1S/C13H13BrN2O2S/c1-6-3-7(2)15-13-9(6)10(14)11(19-13)12(17)16-8-4-18-5-8/h3,8H,4-5H2,1-2H3,(H,16,17). The molecule has 1 N–H and O–H groups in total. The predicted octanol–water partition coefficient (Wildman–Crippen LogP) is 2.80. The Balaban J connectivity index is 2.01. The molecular weight excluding hydrogens is 328 g/mol. The maximum atomic E-state index is 12.2. The van der Waals surface area contributed by atoms with Crippen LogP contribution in [0.5, 0.6) is 0 Å². The number of carbonyl (C=O) groups is 1. The van der Waals surface area contributed by atoms with Gasteiger partial charge in [-0.2, -0.15) is 0 Å². The molecule has 0 spiro atoms. The maximum absolute atomic E-state index is 12.2. The normalized spacial score (nSPS) is 15.5. The molecule has 1 aliphatic heterocycles. The van der Waals surface area contributed by atoms with Crippen molar-refractivity contribution in [3.63, 3.8) is 0 Å². The molecule has 0 bridgehead atoms. The Morgan fingerprint density at radius 2 is 2.26 bits per heavy atom. The molecule has 19 heavy (non-hydrogen) atoms. The van der Waals surface area contributed by atoms with Gasteiger partial charge in [-0.3, -0.25) is 4.79 Å². The number of aryl methyl sites for hydroxylation is 2. The van der Waals surface area contributed by atoms with Crippen molar-refractivity contribution in [3.05, 3.63) is 26.7 Å². The fourth-order valence-electron chi connectivity index (χ4n) is 2.11. The molecule has 2 aromatic rings. The van der Waals surface area contributed by atoms with E-state index in [9.17, 15) is 4.79 Å². The van der Waals surface area contributed by atoms with Crippen LogP contribution in [0.4, 0.5) is 0 Å². The molecule has 1 amide bonds. The van der Waals surface area contributed by atoms with Crippen LogP contribution in [0.2, 0.25) is 0 Å². The van der Waals surface area contributed by atoms with Gasteiger partial charge in [-0.25, -0.2) is 4.98 Å². The molecule has 2 aromatic heterocycles. The Morgan fingerprint density at radius 3 is 2.89 bits per heavy atom. The Kier molecular flexibility index (Phi) is 3.32. The number of halogens is 1. The van der Waals surface area contributed by atoms with Crippen LogP contribution in [0, 0.1) is 13.8 Å². The minimum atomic E-state index is -0.0553. The highest BCUT2D eigenvalue weighted by atomic mass is 79.9. The van der Waals surface area contributed by atoms with Crippen molar-refractivity contribution in [3.8, 4) is 0 Å². The van der Waals surface area contributed by atoms with Crippen LogP contribution in [-0.4, -0.2) is 30.1 Å². The number of pyridine rings is 1. The highest BCUT2D eigenvalue weighted by molar-refractivity contribution is 9.10. The summed E-state index contributed by atoms with van der Waals surface area (Å²) in [7, 11) is 0. The van der Waals surface area contributed by atoms with Gasteiger partial charge in [0, 0.05) is 11.1 Å². The van der Waals surface area contributed by atoms with E-state index in [1.807, 2.05) is 19.9 Å². The number of nitrogens with one attached hydrogen (secondary N) is 1. The van der Waals surface area contributed by atoms with Gasteiger partial charge in [0.2, 0.25) is 0 Å². The molecule has 0 unspecified atom stereocenters. The summed E-state index contributed by atoms with van der Waals surface area (Å²) < 4.78 is 5.90. The van der Waals surface area contributed by atoms with Gasteiger partial charge in [0.25, 0.3) is 5.91 Å². The molecule has 4 nitrogen and oxygen atoms in total. The summed E-state index contributed by atoms with van der Waals surface area (Å²) in [6, 6.07) is 2.17. The SMILES string of the molecule is Cc1cc(C)c2c(Br)c(C(=O)NC3COC3)sc2n1. The lowest BCUT2D eigenvalue weighted by atomic mass is 10.2. The van der Waals surface area contributed by atoms with Crippen LogP contribution in [0.1, 0.15) is 20.9 Å². The van der Waals surface area contributed by atoms with Crippen LogP contribution < -0.4 is 5.32 Å². The molecule has 3 heterocycles. The summed E-state index contributed by atoms with van der Waals surface area (Å²) in [5, 5.41) is 3.99. The molecule has 1 aliphatic rings. The molecule has 0 atom stereocenters. The van der Waals surface area contributed by atoms with Crippen molar-refractivity contribution < 1.29 is 9.53 Å². The van der Waals surface area contributed by atoms with Gasteiger partial charge in [0.1, 0.15) is 9.71 Å². The van der Waals surface area contributed by atoms with E-state index in [1.54, 1.807) is 0 Å². The number of nitrogens with zero attached hydrogens (tertiary/aromatic N) is 1. The highest BCUT2D eigenvalue weighted by Gasteiger charge is 2.24. The van der Waals surface area contributed by atoms with Crippen LogP contribution in [-0.2, 0) is 4.74 Å². The van der Waals surface area contributed by atoms with Crippen LogP contribution in [0.15, 0.2) is 10.5 Å². The van der Waals surface area contributed by atoms with Crippen molar-refractivity contribution in [1.29, 1.82) is 0 Å². The third-order valence-corrected chi connectivity index (χ3v) is 5.25. The van der Waals surface area contributed by atoms with Crippen LogP contribution in [0.25, 0.3) is 10.2 Å². The van der Waals surface area contributed by atoms with Crippen LogP contribution in [0.3, 0.4) is 0 Å². The quantitative estimate of drug-likeness (QED) is 0.914. The van der Waals surface area contributed by atoms with E-state index in [1.165, 1.54) is 11.3 Å². The minimum absolute atomic E-state index is 0.0553. The predicted molar refractivity (Wildman–Crippen MR) is 78.9 cm³/mol. The summed E-state index contributed by atoms with van der Waals surface area (Å²) in [5.74, 6) is -0.0553. The molecule has 100 valence electrons. The first-order chi connectivity index (χ1) is 9.06. The highest BCUT2D eigenvalue weighted by Crippen LogP contribution is 2.36. The first kappa shape index (κ1) is 13.0. The summed E-state index contributed by atoms with van der Waals surface area (Å²) in [5.41, 5.74) is 2.11. The molecule has 1 saturated heterocycles. The Labute approximate surface area is 123 Å². The largest absolute Gasteiger partial charge is 0.377 e. The molecule has 3 rings (SSSR count). The van der Waals surface area contributed by atoms with E-state index in [0.717, 1.165) is 25.9 Å². The van der Waals surface area contributed by atoms with Gasteiger partial charge >= 0.3 is 0 Å². The fraction of sp³-hybridized carbons (Fsp3) is 0.385. The van der Waals surface area contributed by atoms with Crippen molar-refractivity contribution in [1.82, 2.24) is 10.3 Å². The van der Waals surface area contributed by atoms with Gasteiger partial charge in [-0.15, -0.1) is 11.3 Å². The van der Waals surface area contributed by atoms with Gasteiger partial charge in [0.15, 0.2) is 0 Å². The molecular formula is C13H13BrN2O2S. The molecule has 6 heteroatoms. The van der Waals surface area contributed by atoms with Crippen molar-refractivity contribution in [2.24, 2.45) is 0 Å². The zero-order valence-electron chi connectivity index (χ0n) is 10.6. The average Bonchev–Trinajstić information content (AvgIpc) is 2.61. The zero-order valence-corrected chi connectivity index (χ0v) is 13.0. The number of carbonyl (C=O) groups excluding carboxylic acids is 1. The minimum Gasteiger partial charge on any atom is -0.377 e. The Bertz CT molecular complexity index is 664.